The first-order valence-corrected chi connectivity index (χ1v) is 8.16. The monoisotopic (exact) mass is 310 g/mol. The molecule has 0 radical (unpaired) electrons. The highest BCUT2D eigenvalue weighted by Gasteiger charge is 2.07. The van der Waals surface area contributed by atoms with Crippen LogP contribution < -0.4 is 10.6 Å². The number of amides is 1. The van der Waals surface area contributed by atoms with Crippen LogP contribution in [0.25, 0.3) is 0 Å². The summed E-state index contributed by atoms with van der Waals surface area (Å²) in [5.41, 5.74) is 3.85. The van der Waals surface area contributed by atoms with E-state index in [9.17, 15) is 4.79 Å². The van der Waals surface area contributed by atoms with Gasteiger partial charge < -0.3 is 10.6 Å². The first-order chi connectivity index (χ1) is 11.0. The van der Waals surface area contributed by atoms with Crippen LogP contribution in [0, 0.1) is 12.8 Å². The number of carbonyl (C=O) groups excluding carboxylic acids is 1. The minimum atomic E-state index is -0.0793. The van der Waals surface area contributed by atoms with E-state index in [0.29, 0.717) is 17.5 Å². The van der Waals surface area contributed by atoms with Gasteiger partial charge in [-0.2, -0.15) is 0 Å². The quantitative estimate of drug-likeness (QED) is 0.831. The standard InChI is InChI=1S/C20H26N2O/c1-14(2)16(4)21-13-17-7-11-19(12-8-17)22-20(23)18-9-5-15(3)6-10-18/h5-12,14,16,21H,13H2,1-4H3,(H,22,23). The van der Waals surface area contributed by atoms with Gasteiger partial charge in [0.1, 0.15) is 0 Å². The number of nitrogens with one attached hydrogen (secondary N) is 2. The highest BCUT2D eigenvalue weighted by molar-refractivity contribution is 6.04. The molecule has 23 heavy (non-hydrogen) atoms. The highest BCUT2D eigenvalue weighted by Crippen LogP contribution is 2.12. The Morgan fingerprint density at radius 1 is 0.957 bits per heavy atom. The summed E-state index contributed by atoms with van der Waals surface area (Å²) in [6, 6.07) is 16.0. The molecule has 0 aliphatic rings. The minimum Gasteiger partial charge on any atom is -0.322 e. The van der Waals surface area contributed by atoms with Gasteiger partial charge in [0.15, 0.2) is 0 Å². The molecule has 2 aromatic carbocycles. The average molecular weight is 310 g/mol. The molecule has 1 atom stereocenters. The fourth-order valence-corrected chi connectivity index (χ4v) is 2.13. The molecule has 0 saturated carbocycles. The lowest BCUT2D eigenvalue weighted by Gasteiger charge is -2.17. The SMILES string of the molecule is Cc1ccc(C(=O)Nc2ccc(CNC(C)C(C)C)cc2)cc1. The molecule has 2 aromatic rings. The van der Waals surface area contributed by atoms with Gasteiger partial charge in [0, 0.05) is 23.8 Å². The molecular weight excluding hydrogens is 284 g/mol. The number of carbonyl (C=O) groups is 1. The van der Waals surface area contributed by atoms with Crippen molar-refractivity contribution in [1.29, 1.82) is 0 Å². The third-order valence-electron chi connectivity index (χ3n) is 4.15. The van der Waals surface area contributed by atoms with Crippen LogP contribution in [0.1, 0.15) is 42.3 Å². The normalized spacial score (nSPS) is 12.2. The van der Waals surface area contributed by atoms with Gasteiger partial charge >= 0.3 is 0 Å². The molecule has 122 valence electrons. The zero-order valence-corrected chi connectivity index (χ0v) is 14.4. The van der Waals surface area contributed by atoms with Crippen molar-refractivity contribution in [2.45, 2.75) is 40.3 Å². The average Bonchev–Trinajstić information content (AvgIpc) is 2.54. The van der Waals surface area contributed by atoms with Crippen LogP contribution in [-0.2, 0) is 6.54 Å². The van der Waals surface area contributed by atoms with E-state index in [1.165, 1.54) is 5.56 Å². The molecule has 0 aliphatic carbocycles. The molecule has 0 aliphatic heterocycles. The number of benzene rings is 2. The number of anilines is 1. The zero-order valence-electron chi connectivity index (χ0n) is 14.4. The fourth-order valence-electron chi connectivity index (χ4n) is 2.13. The molecule has 2 N–H and O–H groups in total. The predicted molar refractivity (Wildman–Crippen MR) is 96.7 cm³/mol. The maximum absolute atomic E-state index is 12.2. The third kappa shape index (κ3) is 5.22. The van der Waals surface area contributed by atoms with Crippen molar-refractivity contribution < 1.29 is 4.79 Å². The summed E-state index contributed by atoms with van der Waals surface area (Å²) in [6.45, 7) is 9.46. The molecule has 0 fully saturated rings. The van der Waals surface area contributed by atoms with Crippen LogP contribution in [0.3, 0.4) is 0 Å². The van der Waals surface area contributed by atoms with Gasteiger partial charge in [0.05, 0.1) is 0 Å². The van der Waals surface area contributed by atoms with Gasteiger partial charge in [0.25, 0.3) is 5.91 Å². The van der Waals surface area contributed by atoms with E-state index in [-0.39, 0.29) is 5.91 Å². The number of rotatable bonds is 6. The second-order valence-corrected chi connectivity index (χ2v) is 6.43. The van der Waals surface area contributed by atoms with E-state index in [0.717, 1.165) is 17.8 Å². The minimum absolute atomic E-state index is 0.0793. The molecule has 0 heterocycles. The Labute approximate surface area is 139 Å². The maximum Gasteiger partial charge on any atom is 0.255 e. The van der Waals surface area contributed by atoms with Crippen molar-refractivity contribution in [3.8, 4) is 0 Å². The van der Waals surface area contributed by atoms with Gasteiger partial charge in [-0.15, -0.1) is 0 Å². The molecular formula is C20H26N2O. The predicted octanol–water partition coefficient (Wildman–Crippen LogP) is 4.38. The van der Waals surface area contributed by atoms with E-state index < -0.39 is 0 Å². The summed E-state index contributed by atoms with van der Waals surface area (Å²) in [5.74, 6) is 0.535. The van der Waals surface area contributed by atoms with E-state index in [4.69, 9.17) is 0 Å². The Kier molecular flexibility index (Phi) is 5.94. The topological polar surface area (TPSA) is 41.1 Å². The van der Waals surface area contributed by atoms with Crippen molar-refractivity contribution in [2.24, 2.45) is 5.92 Å². The van der Waals surface area contributed by atoms with Crippen molar-refractivity contribution in [3.05, 3.63) is 65.2 Å². The first-order valence-electron chi connectivity index (χ1n) is 8.16. The van der Waals surface area contributed by atoms with Crippen LogP contribution >= 0.6 is 0 Å². The molecule has 0 saturated heterocycles. The molecule has 1 amide bonds. The Balaban J connectivity index is 1.92. The van der Waals surface area contributed by atoms with Crippen LogP contribution in [0.5, 0.6) is 0 Å². The van der Waals surface area contributed by atoms with Crippen molar-refractivity contribution >= 4 is 11.6 Å². The van der Waals surface area contributed by atoms with Gasteiger partial charge in [-0.1, -0.05) is 43.7 Å². The lowest BCUT2D eigenvalue weighted by atomic mass is 10.1. The molecule has 1 unspecified atom stereocenters. The van der Waals surface area contributed by atoms with Crippen LogP contribution in [0.2, 0.25) is 0 Å². The van der Waals surface area contributed by atoms with Crippen molar-refractivity contribution in [3.63, 3.8) is 0 Å². The van der Waals surface area contributed by atoms with Crippen LogP contribution in [0.4, 0.5) is 5.69 Å². The molecule has 3 nitrogen and oxygen atoms in total. The molecule has 0 bridgehead atoms. The van der Waals surface area contributed by atoms with Crippen LogP contribution in [-0.4, -0.2) is 11.9 Å². The van der Waals surface area contributed by atoms with Gasteiger partial charge in [-0.3, -0.25) is 4.79 Å². The third-order valence-corrected chi connectivity index (χ3v) is 4.15. The van der Waals surface area contributed by atoms with Gasteiger partial charge in [-0.05, 0) is 49.6 Å². The number of hydrogen-bond donors (Lipinski definition) is 2. The smallest absolute Gasteiger partial charge is 0.255 e. The zero-order chi connectivity index (χ0) is 16.8. The van der Waals surface area contributed by atoms with Crippen molar-refractivity contribution in [1.82, 2.24) is 5.32 Å². The molecule has 0 aromatic heterocycles. The van der Waals surface area contributed by atoms with Crippen molar-refractivity contribution in [2.75, 3.05) is 5.32 Å². The molecule has 3 heteroatoms. The number of aryl methyl sites for hydroxylation is 1. The second-order valence-electron chi connectivity index (χ2n) is 6.43. The Bertz CT molecular complexity index is 630. The largest absolute Gasteiger partial charge is 0.322 e. The lowest BCUT2D eigenvalue weighted by molar-refractivity contribution is 0.102. The summed E-state index contributed by atoms with van der Waals surface area (Å²) < 4.78 is 0. The molecule has 0 spiro atoms. The van der Waals surface area contributed by atoms with Gasteiger partial charge in [0.2, 0.25) is 0 Å². The summed E-state index contributed by atoms with van der Waals surface area (Å²) in [7, 11) is 0. The lowest BCUT2D eigenvalue weighted by Crippen LogP contribution is -2.30. The van der Waals surface area contributed by atoms with Gasteiger partial charge in [-0.25, -0.2) is 0 Å². The Morgan fingerprint density at radius 3 is 2.13 bits per heavy atom. The van der Waals surface area contributed by atoms with E-state index in [1.54, 1.807) is 0 Å². The maximum atomic E-state index is 12.2. The highest BCUT2D eigenvalue weighted by atomic mass is 16.1. The Hall–Kier alpha value is -2.13. The summed E-state index contributed by atoms with van der Waals surface area (Å²) in [6.07, 6.45) is 0. The summed E-state index contributed by atoms with van der Waals surface area (Å²) in [5, 5.41) is 6.43. The van der Waals surface area contributed by atoms with Crippen LogP contribution in [0.15, 0.2) is 48.5 Å². The van der Waals surface area contributed by atoms with E-state index in [1.807, 2.05) is 55.5 Å². The second kappa shape index (κ2) is 7.93. The first kappa shape index (κ1) is 17.2. The molecule has 2 rings (SSSR count). The van der Waals surface area contributed by atoms with E-state index in [2.05, 4.69) is 31.4 Å². The summed E-state index contributed by atoms with van der Waals surface area (Å²) >= 11 is 0. The summed E-state index contributed by atoms with van der Waals surface area (Å²) in [4.78, 5) is 12.2. The Morgan fingerprint density at radius 2 is 1.57 bits per heavy atom. The number of hydrogen-bond acceptors (Lipinski definition) is 2. The fraction of sp³-hybridized carbons (Fsp3) is 0.350. The van der Waals surface area contributed by atoms with E-state index >= 15 is 0 Å².